The molecule has 2 aromatic rings. The van der Waals surface area contributed by atoms with E-state index in [0.717, 1.165) is 17.7 Å². The molecule has 2 aliphatic heterocycles. The highest BCUT2D eigenvalue weighted by molar-refractivity contribution is 6.46. The molecule has 0 radical (unpaired) electrons. The molecule has 6 nitrogen and oxygen atoms in total. The zero-order valence-electron chi connectivity index (χ0n) is 18.9. The van der Waals surface area contributed by atoms with Gasteiger partial charge in [-0.15, -0.1) is 0 Å². The molecule has 6 heteroatoms. The van der Waals surface area contributed by atoms with Crippen LogP contribution < -0.4 is 9.47 Å². The van der Waals surface area contributed by atoms with Gasteiger partial charge < -0.3 is 19.5 Å². The van der Waals surface area contributed by atoms with Gasteiger partial charge in [0.15, 0.2) is 0 Å². The smallest absolute Gasteiger partial charge is 0.295 e. The van der Waals surface area contributed by atoms with Crippen molar-refractivity contribution >= 4 is 17.4 Å². The molecule has 4 rings (SSSR count). The van der Waals surface area contributed by atoms with Gasteiger partial charge in [-0.2, -0.15) is 0 Å². The number of aliphatic hydroxyl groups is 1. The molecule has 0 aromatic heterocycles. The second-order valence-corrected chi connectivity index (χ2v) is 8.65. The average Bonchev–Trinajstić information content (AvgIpc) is 3.24. The van der Waals surface area contributed by atoms with Gasteiger partial charge in [0.2, 0.25) is 0 Å². The molecule has 2 heterocycles. The monoisotopic (exact) mass is 435 g/mol. The Kier molecular flexibility index (Phi) is 5.96. The van der Waals surface area contributed by atoms with Crippen LogP contribution in [0.5, 0.6) is 11.5 Å². The third-order valence-corrected chi connectivity index (χ3v) is 5.75. The maximum Gasteiger partial charge on any atom is 0.295 e. The Hall–Kier alpha value is -3.28. The largest absolute Gasteiger partial charge is 0.507 e. The summed E-state index contributed by atoms with van der Waals surface area (Å²) in [5.41, 5.74) is 2.26. The zero-order chi connectivity index (χ0) is 23.0. The van der Waals surface area contributed by atoms with E-state index in [1.54, 1.807) is 12.1 Å². The van der Waals surface area contributed by atoms with Crippen LogP contribution in [0, 0.1) is 0 Å². The number of rotatable bonds is 6. The van der Waals surface area contributed by atoms with Crippen molar-refractivity contribution in [2.45, 2.75) is 58.8 Å². The predicted octanol–water partition coefficient (Wildman–Crippen LogP) is 4.63. The lowest BCUT2D eigenvalue weighted by Crippen LogP contribution is -2.30. The third-order valence-electron chi connectivity index (χ3n) is 5.75. The van der Waals surface area contributed by atoms with E-state index in [4.69, 9.17) is 9.47 Å². The molecule has 2 atom stereocenters. The van der Waals surface area contributed by atoms with E-state index in [9.17, 15) is 14.7 Å². The SMILES string of the molecule is CCCN1C(=O)C(=O)/C(=C(/O)c2ccc3c(c2)CC(C)O3)C1c1ccccc1OC(C)C. The fourth-order valence-corrected chi connectivity index (χ4v) is 4.47. The van der Waals surface area contributed by atoms with Gasteiger partial charge in [-0.05, 0) is 57.0 Å². The van der Waals surface area contributed by atoms with Crippen LogP contribution in [-0.4, -0.2) is 40.4 Å². The van der Waals surface area contributed by atoms with E-state index >= 15 is 0 Å². The van der Waals surface area contributed by atoms with Crippen molar-refractivity contribution < 1.29 is 24.2 Å². The van der Waals surface area contributed by atoms with Crippen LogP contribution in [-0.2, 0) is 16.0 Å². The Morgan fingerprint density at radius 1 is 1.22 bits per heavy atom. The van der Waals surface area contributed by atoms with Gasteiger partial charge in [0.1, 0.15) is 23.4 Å². The molecule has 0 spiro atoms. The fourth-order valence-electron chi connectivity index (χ4n) is 4.47. The van der Waals surface area contributed by atoms with E-state index in [2.05, 4.69) is 0 Å². The first kappa shape index (κ1) is 21.9. The topological polar surface area (TPSA) is 76.1 Å². The van der Waals surface area contributed by atoms with Gasteiger partial charge >= 0.3 is 0 Å². The van der Waals surface area contributed by atoms with Crippen LogP contribution >= 0.6 is 0 Å². The molecule has 1 amide bonds. The maximum absolute atomic E-state index is 13.1. The summed E-state index contributed by atoms with van der Waals surface area (Å²) in [5.74, 6) is -0.0692. The molecule has 32 heavy (non-hydrogen) atoms. The molecular formula is C26H29NO5. The Morgan fingerprint density at radius 3 is 2.69 bits per heavy atom. The summed E-state index contributed by atoms with van der Waals surface area (Å²) in [6, 6.07) is 12.0. The molecule has 0 saturated carbocycles. The minimum absolute atomic E-state index is 0.0672. The number of benzene rings is 2. The summed E-state index contributed by atoms with van der Waals surface area (Å²) in [6.45, 7) is 8.19. The number of amides is 1. The molecule has 0 bridgehead atoms. The molecule has 168 valence electrons. The number of ether oxygens (including phenoxy) is 2. The van der Waals surface area contributed by atoms with Gasteiger partial charge in [-0.3, -0.25) is 9.59 Å². The van der Waals surface area contributed by atoms with E-state index in [1.807, 2.05) is 58.0 Å². The molecule has 0 aliphatic carbocycles. The number of nitrogens with zero attached hydrogens (tertiary/aromatic N) is 1. The quantitative estimate of drug-likeness (QED) is 0.407. The van der Waals surface area contributed by atoms with Gasteiger partial charge in [0, 0.05) is 24.1 Å². The lowest BCUT2D eigenvalue weighted by molar-refractivity contribution is -0.139. The van der Waals surface area contributed by atoms with Crippen LogP contribution in [0.3, 0.4) is 0 Å². The predicted molar refractivity (Wildman–Crippen MR) is 122 cm³/mol. The number of aliphatic hydroxyl groups excluding tert-OH is 1. The number of Topliss-reactive ketones (excluding diaryl/α,β-unsaturated/α-hetero) is 1. The number of para-hydroxylation sites is 1. The highest BCUT2D eigenvalue weighted by Crippen LogP contribution is 2.43. The molecule has 2 unspecified atom stereocenters. The Labute approximate surface area is 188 Å². The van der Waals surface area contributed by atoms with Crippen molar-refractivity contribution in [2.75, 3.05) is 6.54 Å². The van der Waals surface area contributed by atoms with Crippen LogP contribution in [0.1, 0.15) is 56.8 Å². The summed E-state index contributed by atoms with van der Waals surface area (Å²) in [5, 5.41) is 11.3. The zero-order valence-corrected chi connectivity index (χ0v) is 18.9. The van der Waals surface area contributed by atoms with E-state index in [-0.39, 0.29) is 23.5 Å². The van der Waals surface area contributed by atoms with Crippen molar-refractivity contribution in [1.82, 2.24) is 4.90 Å². The first-order valence-corrected chi connectivity index (χ1v) is 11.2. The number of hydrogen-bond donors (Lipinski definition) is 1. The normalized spacial score (nSPS) is 21.7. The standard InChI is InChI=1S/C26H29NO5/c1-5-12-27-23(19-8-6-7-9-21(19)31-15(2)3)22(25(29)26(27)30)24(28)17-10-11-20-18(14-17)13-16(4)32-20/h6-11,14-16,23,28H,5,12-13H2,1-4H3/b24-22+. The minimum Gasteiger partial charge on any atom is -0.507 e. The highest BCUT2D eigenvalue weighted by atomic mass is 16.5. The van der Waals surface area contributed by atoms with Crippen molar-refractivity contribution in [3.63, 3.8) is 0 Å². The first-order valence-electron chi connectivity index (χ1n) is 11.2. The van der Waals surface area contributed by atoms with Gasteiger partial charge in [0.25, 0.3) is 11.7 Å². The summed E-state index contributed by atoms with van der Waals surface area (Å²) < 4.78 is 11.7. The van der Waals surface area contributed by atoms with Crippen molar-refractivity contribution in [3.05, 3.63) is 64.7 Å². The van der Waals surface area contributed by atoms with Crippen molar-refractivity contribution in [1.29, 1.82) is 0 Å². The Balaban J connectivity index is 1.87. The third kappa shape index (κ3) is 3.85. The van der Waals surface area contributed by atoms with Gasteiger partial charge in [-0.25, -0.2) is 0 Å². The van der Waals surface area contributed by atoms with Crippen LogP contribution in [0.4, 0.5) is 0 Å². The number of carbonyl (C=O) groups is 2. The highest BCUT2D eigenvalue weighted by Gasteiger charge is 2.46. The summed E-state index contributed by atoms with van der Waals surface area (Å²) >= 11 is 0. The van der Waals surface area contributed by atoms with E-state index < -0.39 is 17.7 Å². The molecule has 2 aliphatic rings. The average molecular weight is 436 g/mol. The Morgan fingerprint density at radius 2 is 1.97 bits per heavy atom. The van der Waals surface area contributed by atoms with Gasteiger partial charge in [0.05, 0.1) is 17.7 Å². The lowest BCUT2D eigenvalue weighted by atomic mass is 9.93. The maximum atomic E-state index is 13.1. The number of likely N-dealkylation sites (tertiary alicyclic amines) is 1. The van der Waals surface area contributed by atoms with Crippen molar-refractivity contribution in [3.8, 4) is 11.5 Å². The van der Waals surface area contributed by atoms with Crippen molar-refractivity contribution in [2.24, 2.45) is 0 Å². The van der Waals surface area contributed by atoms with Gasteiger partial charge in [-0.1, -0.05) is 25.1 Å². The Bertz CT molecular complexity index is 1090. The number of carbonyl (C=O) groups excluding carboxylic acids is 2. The number of fused-ring (bicyclic) bond motifs is 1. The number of hydrogen-bond acceptors (Lipinski definition) is 5. The first-order chi connectivity index (χ1) is 15.3. The molecule has 1 saturated heterocycles. The molecule has 1 N–H and O–H groups in total. The number of ketones is 1. The minimum atomic E-state index is -0.715. The molecular weight excluding hydrogens is 406 g/mol. The second kappa shape index (κ2) is 8.69. The van der Waals surface area contributed by atoms with E-state index in [0.29, 0.717) is 29.8 Å². The molecule has 2 aromatic carbocycles. The summed E-state index contributed by atoms with van der Waals surface area (Å²) in [6.07, 6.45) is 1.40. The van der Waals surface area contributed by atoms with Crippen LogP contribution in [0.2, 0.25) is 0 Å². The molecule has 1 fully saturated rings. The summed E-state index contributed by atoms with van der Waals surface area (Å²) in [7, 11) is 0. The van der Waals surface area contributed by atoms with Crippen LogP contribution in [0.15, 0.2) is 48.0 Å². The summed E-state index contributed by atoms with van der Waals surface area (Å²) in [4.78, 5) is 27.6. The lowest BCUT2D eigenvalue weighted by Gasteiger charge is -2.27. The second-order valence-electron chi connectivity index (χ2n) is 8.65. The van der Waals surface area contributed by atoms with E-state index in [1.165, 1.54) is 4.90 Å². The van der Waals surface area contributed by atoms with Crippen LogP contribution in [0.25, 0.3) is 5.76 Å². The fraction of sp³-hybridized carbons (Fsp3) is 0.385.